The summed E-state index contributed by atoms with van der Waals surface area (Å²) >= 11 is 0. The zero-order valence-corrected chi connectivity index (χ0v) is 12.2. The zero-order valence-electron chi connectivity index (χ0n) is 12.2. The summed E-state index contributed by atoms with van der Waals surface area (Å²) in [5, 5.41) is 9.04. The first-order chi connectivity index (χ1) is 9.61. The lowest BCUT2D eigenvalue weighted by Gasteiger charge is -2.27. The van der Waals surface area contributed by atoms with Crippen molar-refractivity contribution >= 4 is 5.97 Å². The van der Waals surface area contributed by atoms with E-state index in [1.165, 1.54) is 0 Å². The summed E-state index contributed by atoms with van der Waals surface area (Å²) in [5.74, 6) is 0.116. The second-order valence-electron chi connectivity index (χ2n) is 5.39. The Balaban J connectivity index is 2.02. The minimum Gasteiger partial charge on any atom is -0.494 e. The van der Waals surface area contributed by atoms with Gasteiger partial charge in [0.15, 0.2) is 0 Å². The fourth-order valence-electron chi connectivity index (χ4n) is 2.40. The number of nitrogens with zero attached hydrogens (tertiary/aromatic N) is 1. The van der Waals surface area contributed by atoms with Crippen LogP contribution in [-0.2, 0) is 4.79 Å². The standard InChI is InChI=1S/C16H23NO3/c1-3-10-20-15-8-4-13(5-9-15)12(2)17(11-16(18)19)14-6-7-14/h4-5,8-9,12,14H,3,6-7,10-11H2,1-2H3,(H,18,19). The number of carboxylic acid groups (broad SMARTS) is 1. The van der Waals surface area contributed by atoms with Crippen molar-refractivity contribution in [1.82, 2.24) is 4.90 Å². The van der Waals surface area contributed by atoms with Gasteiger partial charge in [0.05, 0.1) is 13.2 Å². The number of carbonyl (C=O) groups is 1. The molecule has 1 saturated carbocycles. The molecule has 1 atom stereocenters. The first kappa shape index (κ1) is 14.9. The average Bonchev–Trinajstić information content (AvgIpc) is 3.26. The van der Waals surface area contributed by atoms with Gasteiger partial charge in [-0.3, -0.25) is 9.69 Å². The maximum atomic E-state index is 11.0. The summed E-state index contributed by atoms with van der Waals surface area (Å²) in [6.45, 7) is 4.99. The van der Waals surface area contributed by atoms with E-state index in [0.29, 0.717) is 6.04 Å². The monoisotopic (exact) mass is 277 g/mol. The Bertz CT molecular complexity index is 440. The molecule has 1 aliphatic rings. The Morgan fingerprint density at radius 2 is 2.05 bits per heavy atom. The molecule has 1 aliphatic carbocycles. The van der Waals surface area contributed by atoms with Crippen molar-refractivity contribution in [3.8, 4) is 5.75 Å². The molecule has 4 nitrogen and oxygen atoms in total. The normalized spacial score (nSPS) is 16.1. The van der Waals surface area contributed by atoms with E-state index < -0.39 is 5.97 Å². The van der Waals surface area contributed by atoms with Gasteiger partial charge >= 0.3 is 5.97 Å². The summed E-state index contributed by atoms with van der Waals surface area (Å²) < 4.78 is 5.57. The van der Waals surface area contributed by atoms with Gasteiger partial charge in [-0.25, -0.2) is 0 Å². The van der Waals surface area contributed by atoms with Crippen LogP contribution >= 0.6 is 0 Å². The lowest BCUT2D eigenvalue weighted by atomic mass is 10.1. The minimum absolute atomic E-state index is 0.111. The van der Waals surface area contributed by atoms with Crippen molar-refractivity contribution in [2.45, 2.75) is 45.2 Å². The van der Waals surface area contributed by atoms with Crippen LogP contribution < -0.4 is 4.74 Å². The fraction of sp³-hybridized carbons (Fsp3) is 0.562. The highest BCUT2D eigenvalue weighted by atomic mass is 16.5. The summed E-state index contributed by atoms with van der Waals surface area (Å²) in [4.78, 5) is 13.1. The topological polar surface area (TPSA) is 49.8 Å². The van der Waals surface area contributed by atoms with E-state index in [1.54, 1.807) is 0 Å². The minimum atomic E-state index is -0.758. The van der Waals surface area contributed by atoms with Crippen molar-refractivity contribution in [2.75, 3.05) is 13.2 Å². The van der Waals surface area contributed by atoms with Crippen LogP contribution in [0, 0.1) is 0 Å². The van der Waals surface area contributed by atoms with Crippen LogP contribution in [0.2, 0.25) is 0 Å². The number of hydrogen-bond donors (Lipinski definition) is 1. The van der Waals surface area contributed by atoms with Crippen molar-refractivity contribution in [2.24, 2.45) is 0 Å². The molecule has 20 heavy (non-hydrogen) atoms. The van der Waals surface area contributed by atoms with Crippen LogP contribution in [0.4, 0.5) is 0 Å². The van der Waals surface area contributed by atoms with Gasteiger partial charge in [0.25, 0.3) is 0 Å². The van der Waals surface area contributed by atoms with Gasteiger partial charge in [0, 0.05) is 12.1 Å². The molecule has 0 aromatic heterocycles. The molecule has 2 rings (SSSR count). The Morgan fingerprint density at radius 3 is 2.55 bits per heavy atom. The predicted molar refractivity (Wildman–Crippen MR) is 78.0 cm³/mol. The maximum absolute atomic E-state index is 11.0. The van der Waals surface area contributed by atoms with Crippen LogP contribution in [0.5, 0.6) is 5.75 Å². The molecule has 110 valence electrons. The third-order valence-corrected chi connectivity index (χ3v) is 3.67. The van der Waals surface area contributed by atoms with Crippen molar-refractivity contribution < 1.29 is 14.6 Å². The van der Waals surface area contributed by atoms with E-state index in [1.807, 2.05) is 24.3 Å². The van der Waals surface area contributed by atoms with Gasteiger partial charge in [-0.15, -0.1) is 0 Å². The number of aliphatic carboxylic acids is 1. The van der Waals surface area contributed by atoms with Gasteiger partial charge in [0.2, 0.25) is 0 Å². The van der Waals surface area contributed by atoms with Crippen molar-refractivity contribution in [3.05, 3.63) is 29.8 Å². The number of rotatable bonds is 8. The van der Waals surface area contributed by atoms with Crippen LogP contribution in [-0.4, -0.2) is 35.2 Å². The van der Waals surface area contributed by atoms with Crippen LogP contribution in [0.25, 0.3) is 0 Å². The van der Waals surface area contributed by atoms with Gasteiger partial charge < -0.3 is 9.84 Å². The average molecular weight is 277 g/mol. The first-order valence-electron chi connectivity index (χ1n) is 7.32. The summed E-state index contributed by atoms with van der Waals surface area (Å²) in [6, 6.07) is 8.55. The van der Waals surface area contributed by atoms with Crippen molar-refractivity contribution in [3.63, 3.8) is 0 Å². The fourth-order valence-corrected chi connectivity index (χ4v) is 2.40. The molecular weight excluding hydrogens is 254 g/mol. The number of ether oxygens (including phenoxy) is 1. The number of benzene rings is 1. The Morgan fingerprint density at radius 1 is 1.40 bits per heavy atom. The SMILES string of the molecule is CCCOc1ccc(C(C)N(CC(=O)O)C2CC2)cc1. The smallest absolute Gasteiger partial charge is 0.317 e. The van der Waals surface area contributed by atoms with E-state index in [9.17, 15) is 4.79 Å². The summed E-state index contributed by atoms with van der Waals surface area (Å²) in [7, 11) is 0. The molecule has 1 aromatic carbocycles. The van der Waals surface area contributed by atoms with Gasteiger partial charge in [-0.05, 0) is 43.9 Å². The van der Waals surface area contributed by atoms with E-state index in [2.05, 4.69) is 18.7 Å². The molecule has 0 radical (unpaired) electrons. The third-order valence-electron chi connectivity index (χ3n) is 3.67. The number of carboxylic acids is 1. The van der Waals surface area contributed by atoms with E-state index in [4.69, 9.17) is 9.84 Å². The second kappa shape index (κ2) is 6.75. The molecule has 0 heterocycles. The molecule has 4 heteroatoms. The zero-order chi connectivity index (χ0) is 14.5. The summed E-state index contributed by atoms with van der Waals surface area (Å²) in [5.41, 5.74) is 1.14. The molecule has 0 saturated heterocycles. The Labute approximate surface area is 120 Å². The van der Waals surface area contributed by atoms with Crippen LogP contribution in [0.1, 0.15) is 44.7 Å². The van der Waals surface area contributed by atoms with Gasteiger partial charge in [-0.1, -0.05) is 19.1 Å². The predicted octanol–water partition coefficient (Wildman–Crippen LogP) is 3.09. The quantitative estimate of drug-likeness (QED) is 0.793. The Hall–Kier alpha value is -1.55. The van der Waals surface area contributed by atoms with Crippen molar-refractivity contribution in [1.29, 1.82) is 0 Å². The molecule has 1 unspecified atom stereocenters. The Kier molecular flexibility index (Phi) is 5.01. The maximum Gasteiger partial charge on any atom is 0.317 e. The summed E-state index contributed by atoms with van der Waals surface area (Å²) in [6.07, 6.45) is 3.21. The van der Waals surface area contributed by atoms with Gasteiger partial charge in [-0.2, -0.15) is 0 Å². The lowest BCUT2D eigenvalue weighted by Crippen LogP contribution is -2.34. The largest absolute Gasteiger partial charge is 0.494 e. The molecular formula is C16H23NO3. The second-order valence-corrected chi connectivity index (χ2v) is 5.39. The molecule has 1 aromatic rings. The van der Waals surface area contributed by atoms with E-state index in [0.717, 1.165) is 37.2 Å². The van der Waals surface area contributed by atoms with E-state index in [-0.39, 0.29) is 12.6 Å². The molecule has 0 spiro atoms. The van der Waals surface area contributed by atoms with E-state index >= 15 is 0 Å². The third kappa shape index (κ3) is 3.97. The van der Waals surface area contributed by atoms with Gasteiger partial charge in [0.1, 0.15) is 5.75 Å². The lowest BCUT2D eigenvalue weighted by molar-refractivity contribution is -0.139. The highest BCUT2D eigenvalue weighted by molar-refractivity contribution is 5.69. The molecule has 1 fully saturated rings. The molecule has 1 N–H and O–H groups in total. The molecule has 0 bridgehead atoms. The highest BCUT2D eigenvalue weighted by Gasteiger charge is 2.33. The number of hydrogen-bond acceptors (Lipinski definition) is 3. The highest BCUT2D eigenvalue weighted by Crippen LogP contribution is 2.34. The van der Waals surface area contributed by atoms with Crippen LogP contribution in [0.3, 0.4) is 0 Å². The molecule has 0 amide bonds. The molecule has 0 aliphatic heterocycles. The first-order valence-corrected chi connectivity index (χ1v) is 7.32. The van der Waals surface area contributed by atoms with Crippen LogP contribution in [0.15, 0.2) is 24.3 Å².